The molecule has 0 aromatic heterocycles. The molecule has 1 atom stereocenters. The Morgan fingerprint density at radius 2 is 1.90 bits per heavy atom. The summed E-state index contributed by atoms with van der Waals surface area (Å²) in [5.41, 5.74) is 0.895. The van der Waals surface area contributed by atoms with Gasteiger partial charge >= 0.3 is 0 Å². The lowest BCUT2D eigenvalue weighted by Gasteiger charge is -2.03. The summed E-state index contributed by atoms with van der Waals surface area (Å²) in [6.45, 7) is 9.22. The zero-order valence-electron chi connectivity index (χ0n) is 7.09. The second-order valence-electron chi connectivity index (χ2n) is 2.00. The molecule has 0 aliphatic heterocycles. The van der Waals surface area contributed by atoms with Gasteiger partial charge in [-0.3, -0.25) is 0 Å². The minimum Gasteiger partial charge on any atom is -0.394 e. The second-order valence-corrected chi connectivity index (χ2v) is 2.00. The zero-order chi connectivity index (χ0) is 8.57. The van der Waals surface area contributed by atoms with E-state index in [4.69, 9.17) is 10.2 Å². The summed E-state index contributed by atoms with van der Waals surface area (Å²) in [6, 6.07) is 0. The molecule has 2 nitrogen and oxygen atoms in total. The minimum absolute atomic E-state index is 0.174. The van der Waals surface area contributed by atoms with Crippen LogP contribution in [0.1, 0.15) is 27.2 Å². The van der Waals surface area contributed by atoms with E-state index in [0.29, 0.717) is 6.42 Å². The van der Waals surface area contributed by atoms with Crippen LogP contribution in [0.3, 0.4) is 0 Å². The van der Waals surface area contributed by atoms with Crippen LogP contribution in [0.2, 0.25) is 0 Å². The van der Waals surface area contributed by atoms with Gasteiger partial charge in [-0.2, -0.15) is 0 Å². The molecule has 62 valence electrons. The molecule has 0 heterocycles. The molecule has 0 rings (SSSR count). The van der Waals surface area contributed by atoms with E-state index in [1.165, 1.54) is 0 Å². The number of hydrogen-bond donors (Lipinski definition) is 2. The van der Waals surface area contributed by atoms with Gasteiger partial charge in [0.2, 0.25) is 0 Å². The summed E-state index contributed by atoms with van der Waals surface area (Å²) in [5, 5.41) is 17.0. The fourth-order valence-corrected chi connectivity index (χ4v) is 0.467. The van der Waals surface area contributed by atoms with Crippen molar-refractivity contribution in [2.75, 3.05) is 6.61 Å². The quantitative estimate of drug-likeness (QED) is 0.590. The van der Waals surface area contributed by atoms with Gasteiger partial charge in [0.25, 0.3) is 0 Å². The van der Waals surface area contributed by atoms with Crippen LogP contribution in [-0.4, -0.2) is 22.9 Å². The fraction of sp³-hybridized carbons (Fsp3) is 0.750. The van der Waals surface area contributed by atoms with Gasteiger partial charge in [0.1, 0.15) is 0 Å². The number of aliphatic hydroxyl groups is 2. The molecule has 0 aliphatic rings. The van der Waals surface area contributed by atoms with Crippen LogP contribution in [0.4, 0.5) is 0 Å². The highest BCUT2D eigenvalue weighted by atomic mass is 16.3. The molecule has 10 heavy (non-hydrogen) atoms. The van der Waals surface area contributed by atoms with Crippen molar-refractivity contribution < 1.29 is 10.2 Å². The molecule has 0 bridgehead atoms. The normalized spacial score (nSPS) is 11.3. The Kier molecular flexibility index (Phi) is 10.7. The highest BCUT2D eigenvalue weighted by molar-refractivity contribution is 4.90. The molecule has 0 saturated heterocycles. The molecule has 0 aliphatic carbocycles. The molecule has 0 saturated carbocycles. The van der Waals surface area contributed by atoms with E-state index >= 15 is 0 Å². The summed E-state index contributed by atoms with van der Waals surface area (Å²) < 4.78 is 0. The van der Waals surface area contributed by atoms with Gasteiger partial charge in [0, 0.05) is 0 Å². The lowest BCUT2D eigenvalue weighted by Crippen LogP contribution is -2.11. The Bertz CT molecular complexity index is 79.3. The van der Waals surface area contributed by atoms with Crippen LogP contribution in [0.5, 0.6) is 0 Å². The van der Waals surface area contributed by atoms with E-state index in [9.17, 15) is 0 Å². The first-order valence-corrected chi connectivity index (χ1v) is 3.60. The molecule has 1 unspecified atom stereocenters. The van der Waals surface area contributed by atoms with Gasteiger partial charge in [-0.15, -0.1) is 6.58 Å². The van der Waals surface area contributed by atoms with Crippen molar-refractivity contribution >= 4 is 0 Å². The first kappa shape index (κ1) is 12.3. The van der Waals surface area contributed by atoms with Crippen molar-refractivity contribution in [1.82, 2.24) is 0 Å². The van der Waals surface area contributed by atoms with Crippen LogP contribution in [0.25, 0.3) is 0 Å². The summed E-state index contributed by atoms with van der Waals surface area (Å²) in [7, 11) is 0. The van der Waals surface area contributed by atoms with Gasteiger partial charge in [-0.1, -0.05) is 19.4 Å². The third-order valence-electron chi connectivity index (χ3n) is 0.795. The molecule has 0 aromatic carbocycles. The van der Waals surface area contributed by atoms with E-state index in [0.717, 1.165) is 5.57 Å². The van der Waals surface area contributed by atoms with E-state index < -0.39 is 6.10 Å². The highest BCUT2D eigenvalue weighted by Gasteiger charge is 1.99. The monoisotopic (exact) mass is 146 g/mol. The van der Waals surface area contributed by atoms with Crippen LogP contribution in [-0.2, 0) is 0 Å². The maximum absolute atomic E-state index is 8.72. The Balaban J connectivity index is 0. The van der Waals surface area contributed by atoms with E-state index in [2.05, 4.69) is 6.58 Å². The molecule has 0 aromatic rings. The first-order valence-electron chi connectivity index (χ1n) is 3.60. The summed E-state index contributed by atoms with van der Waals surface area (Å²) in [6.07, 6.45) is -0.122. The van der Waals surface area contributed by atoms with Gasteiger partial charge in [-0.25, -0.2) is 0 Å². The second kappa shape index (κ2) is 8.66. The number of rotatable bonds is 3. The molecule has 0 fully saturated rings. The lowest BCUT2D eigenvalue weighted by atomic mass is 10.2. The van der Waals surface area contributed by atoms with Crippen LogP contribution < -0.4 is 0 Å². The third-order valence-corrected chi connectivity index (χ3v) is 0.795. The van der Waals surface area contributed by atoms with E-state index in [-0.39, 0.29) is 6.61 Å². The van der Waals surface area contributed by atoms with Crippen molar-refractivity contribution in [2.24, 2.45) is 0 Å². The Labute approximate surface area is 63.2 Å². The smallest absolute Gasteiger partial charge is 0.0807 e. The maximum Gasteiger partial charge on any atom is 0.0807 e. The van der Waals surface area contributed by atoms with Gasteiger partial charge in [0.15, 0.2) is 0 Å². The van der Waals surface area contributed by atoms with E-state index in [1.807, 2.05) is 20.8 Å². The molecule has 0 spiro atoms. The SMILES string of the molecule is C=C(C)CC(O)CO.CC. The number of hydrogen-bond acceptors (Lipinski definition) is 2. The van der Waals surface area contributed by atoms with Gasteiger partial charge in [-0.05, 0) is 13.3 Å². The largest absolute Gasteiger partial charge is 0.394 e. The Morgan fingerprint density at radius 1 is 1.50 bits per heavy atom. The number of aliphatic hydroxyl groups excluding tert-OH is 2. The zero-order valence-corrected chi connectivity index (χ0v) is 7.09. The standard InChI is InChI=1S/C6H12O2.C2H6/c1-5(2)3-6(8)4-7;1-2/h6-8H,1,3-4H2,2H3;1-2H3. The van der Waals surface area contributed by atoms with Crippen molar-refractivity contribution in [3.05, 3.63) is 12.2 Å². The Morgan fingerprint density at radius 3 is 2.00 bits per heavy atom. The average Bonchev–Trinajstić information content (AvgIpc) is 1.91. The molecule has 0 radical (unpaired) electrons. The maximum atomic E-state index is 8.72. The minimum atomic E-state index is -0.618. The molecular formula is C8H18O2. The predicted molar refractivity (Wildman–Crippen MR) is 43.9 cm³/mol. The molecule has 2 heteroatoms. The molecule has 2 N–H and O–H groups in total. The predicted octanol–water partition coefficient (Wildman–Crippen LogP) is 1.33. The highest BCUT2D eigenvalue weighted by Crippen LogP contribution is 1.99. The Hall–Kier alpha value is -0.340. The van der Waals surface area contributed by atoms with Crippen LogP contribution >= 0.6 is 0 Å². The van der Waals surface area contributed by atoms with Gasteiger partial charge in [0.05, 0.1) is 12.7 Å². The first-order chi connectivity index (χ1) is 4.66. The lowest BCUT2D eigenvalue weighted by molar-refractivity contribution is 0.0956. The van der Waals surface area contributed by atoms with E-state index in [1.54, 1.807) is 0 Å². The van der Waals surface area contributed by atoms with Crippen LogP contribution in [0.15, 0.2) is 12.2 Å². The molecular weight excluding hydrogens is 128 g/mol. The topological polar surface area (TPSA) is 40.5 Å². The summed E-state index contributed by atoms with van der Waals surface area (Å²) in [5.74, 6) is 0. The van der Waals surface area contributed by atoms with Crippen molar-refractivity contribution in [3.63, 3.8) is 0 Å². The van der Waals surface area contributed by atoms with Crippen molar-refractivity contribution in [3.8, 4) is 0 Å². The fourth-order valence-electron chi connectivity index (χ4n) is 0.467. The average molecular weight is 146 g/mol. The van der Waals surface area contributed by atoms with Crippen LogP contribution in [0, 0.1) is 0 Å². The summed E-state index contributed by atoms with van der Waals surface area (Å²) >= 11 is 0. The summed E-state index contributed by atoms with van der Waals surface area (Å²) in [4.78, 5) is 0. The van der Waals surface area contributed by atoms with Gasteiger partial charge < -0.3 is 10.2 Å². The third kappa shape index (κ3) is 10.6. The van der Waals surface area contributed by atoms with Crippen molar-refractivity contribution in [2.45, 2.75) is 33.3 Å². The molecule has 0 amide bonds. The van der Waals surface area contributed by atoms with Crippen molar-refractivity contribution in [1.29, 1.82) is 0 Å².